The number of fused-ring (bicyclic) bond motifs is 2. The van der Waals surface area contributed by atoms with E-state index < -0.39 is 6.04 Å². The molecule has 0 N–H and O–H groups in total. The van der Waals surface area contributed by atoms with Crippen molar-refractivity contribution in [2.75, 3.05) is 6.61 Å². The van der Waals surface area contributed by atoms with E-state index in [0.717, 1.165) is 29.7 Å². The highest BCUT2D eigenvalue weighted by Gasteiger charge is 2.42. The summed E-state index contributed by atoms with van der Waals surface area (Å²) in [6, 6.07) is 21.4. The van der Waals surface area contributed by atoms with Gasteiger partial charge in [-0.25, -0.2) is 0 Å². The second-order valence-corrected chi connectivity index (χ2v) is 8.84. The summed E-state index contributed by atoms with van der Waals surface area (Å²) in [6.45, 7) is 3.08. The summed E-state index contributed by atoms with van der Waals surface area (Å²) in [6.07, 6.45) is 2.04. The van der Waals surface area contributed by atoms with Crippen molar-refractivity contribution in [1.82, 2.24) is 4.90 Å². The minimum absolute atomic E-state index is 0.103. The number of amides is 1. The highest BCUT2D eigenvalue weighted by Crippen LogP contribution is 2.39. The molecule has 4 aromatic rings. The van der Waals surface area contributed by atoms with E-state index in [1.54, 1.807) is 41.3 Å². The number of carbonyl (C=O) groups excluding carboxylic acids is 1. The smallest absolute Gasteiger partial charge is 0.291 e. The van der Waals surface area contributed by atoms with Gasteiger partial charge in [-0.15, -0.1) is 0 Å². The quantitative estimate of drug-likeness (QED) is 0.292. The second-order valence-electron chi connectivity index (χ2n) is 8.40. The number of ether oxygens (including phenoxy) is 1. The summed E-state index contributed by atoms with van der Waals surface area (Å²) in [5.74, 6) is 0.559. The fourth-order valence-corrected chi connectivity index (χ4v) is 4.47. The van der Waals surface area contributed by atoms with Crippen LogP contribution in [0.1, 0.15) is 53.1 Å². The van der Waals surface area contributed by atoms with Crippen LogP contribution in [0.4, 0.5) is 0 Å². The molecule has 1 amide bonds. The van der Waals surface area contributed by atoms with Gasteiger partial charge in [0, 0.05) is 11.6 Å². The first-order chi connectivity index (χ1) is 16.6. The minimum atomic E-state index is -0.566. The number of para-hydroxylation sites is 1. The average molecular weight is 474 g/mol. The lowest BCUT2D eigenvalue weighted by molar-refractivity contribution is 0.0714. The van der Waals surface area contributed by atoms with Crippen molar-refractivity contribution in [3.05, 3.63) is 110 Å². The number of nitrogens with zero attached hydrogens (tertiary/aromatic N) is 1. The number of unbranched alkanes of at least 4 members (excludes halogenated alkanes) is 1. The summed E-state index contributed by atoms with van der Waals surface area (Å²) < 4.78 is 11.8. The summed E-state index contributed by atoms with van der Waals surface area (Å²) in [5, 5.41) is 1.09. The molecule has 3 aromatic carbocycles. The molecule has 1 aliphatic rings. The fraction of sp³-hybridized carbons (Fsp3) is 0.214. The van der Waals surface area contributed by atoms with Gasteiger partial charge in [0.15, 0.2) is 5.43 Å². The number of hydrogen-bond donors (Lipinski definition) is 0. The van der Waals surface area contributed by atoms with Gasteiger partial charge in [0.2, 0.25) is 5.76 Å². The van der Waals surface area contributed by atoms with Crippen LogP contribution in [-0.4, -0.2) is 17.4 Å². The van der Waals surface area contributed by atoms with Crippen molar-refractivity contribution in [3.8, 4) is 5.75 Å². The van der Waals surface area contributed by atoms with Crippen LogP contribution in [0.5, 0.6) is 5.75 Å². The Labute approximate surface area is 202 Å². The molecule has 5 rings (SSSR count). The molecule has 1 aliphatic heterocycles. The third-order valence-electron chi connectivity index (χ3n) is 6.10. The highest BCUT2D eigenvalue weighted by atomic mass is 35.5. The first-order valence-electron chi connectivity index (χ1n) is 11.4. The second kappa shape index (κ2) is 9.35. The molecule has 1 unspecified atom stereocenters. The van der Waals surface area contributed by atoms with Crippen molar-refractivity contribution < 1.29 is 13.9 Å². The topological polar surface area (TPSA) is 59.8 Å². The monoisotopic (exact) mass is 473 g/mol. The molecule has 0 bridgehead atoms. The lowest BCUT2D eigenvalue weighted by atomic mass is 9.98. The van der Waals surface area contributed by atoms with Gasteiger partial charge in [-0.1, -0.05) is 61.3 Å². The molecule has 5 nitrogen and oxygen atoms in total. The Balaban J connectivity index is 1.59. The van der Waals surface area contributed by atoms with Crippen LogP contribution >= 0.6 is 11.6 Å². The average Bonchev–Trinajstić information content (AvgIpc) is 3.13. The van der Waals surface area contributed by atoms with Gasteiger partial charge >= 0.3 is 0 Å². The summed E-state index contributed by atoms with van der Waals surface area (Å²) in [7, 11) is 0. The van der Waals surface area contributed by atoms with Gasteiger partial charge < -0.3 is 14.1 Å². The Morgan fingerprint density at radius 3 is 2.44 bits per heavy atom. The molecule has 6 heteroatoms. The van der Waals surface area contributed by atoms with Crippen LogP contribution in [0.15, 0.2) is 82.0 Å². The van der Waals surface area contributed by atoms with Gasteiger partial charge in [-0.3, -0.25) is 9.59 Å². The predicted octanol–water partition coefficient (Wildman–Crippen LogP) is 6.37. The maximum Gasteiger partial charge on any atom is 0.291 e. The largest absolute Gasteiger partial charge is 0.494 e. The van der Waals surface area contributed by atoms with Crippen molar-refractivity contribution in [3.63, 3.8) is 0 Å². The molecule has 0 saturated carbocycles. The predicted molar refractivity (Wildman–Crippen MR) is 132 cm³/mol. The molecule has 0 fully saturated rings. The zero-order valence-electron chi connectivity index (χ0n) is 18.8. The van der Waals surface area contributed by atoms with Gasteiger partial charge in [-0.2, -0.15) is 0 Å². The molecule has 0 saturated heterocycles. The van der Waals surface area contributed by atoms with Crippen molar-refractivity contribution in [2.45, 2.75) is 32.4 Å². The Bertz CT molecular complexity index is 1390. The molecular weight excluding hydrogens is 450 g/mol. The maximum atomic E-state index is 13.6. The molecule has 0 radical (unpaired) electrons. The maximum absolute atomic E-state index is 13.6. The van der Waals surface area contributed by atoms with Crippen molar-refractivity contribution in [1.29, 1.82) is 0 Å². The van der Waals surface area contributed by atoms with Crippen LogP contribution in [0.3, 0.4) is 0 Å². The van der Waals surface area contributed by atoms with Crippen LogP contribution < -0.4 is 10.2 Å². The molecule has 0 spiro atoms. The molecule has 34 heavy (non-hydrogen) atoms. The van der Waals surface area contributed by atoms with Crippen molar-refractivity contribution >= 4 is 28.5 Å². The van der Waals surface area contributed by atoms with Gasteiger partial charge in [0.25, 0.3) is 5.91 Å². The number of hydrogen-bond acceptors (Lipinski definition) is 4. The Morgan fingerprint density at radius 2 is 1.71 bits per heavy atom. The number of rotatable bonds is 7. The number of halogens is 1. The van der Waals surface area contributed by atoms with Crippen LogP contribution in [-0.2, 0) is 6.54 Å². The van der Waals surface area contributed by atoms with E-state index in [-0.39, 0.29) is 17.1 Å². The summed E-state index contributed by atoms with van der Waals surface area (Å²) in [5.41, 5.74) is 2.33. The van der Waals surface area contributed by atoms with E-state index in [2.05, 4.69) is 6.92 Å². The summed E-state index contributed by atoms with van der Waals surface area (Å²) in [4.78, 5) is 28.8. The first-order valence-corrected chi connectivity index (χ1v) is 11.8. The molecule has 172 valence electrons. The van der Waals surface area contributed by atoms with E-state index in [9.17, 15) is 9.59 Å². The van der Waals surface area contributed by atoms with Gasteiger partial charge in [-0.05, 0) is 53.9 Å². The van der Waals surface area contributed by atoms with Crippen molar-refractivity contribution in [2.24, 2.45) is 0 Å². The minimum Gasteiger partial charge on any atom is -0.494 e. The zero-order chi connectivity index (χ0) is 23.7. The summed E-state index contributed by atoms with van der Waals surface area (Å²) >= 11 is 6.05. The van der Waals surface area contributed by atoms with E-state index in [1.165, 1.54) is 0 Å². The van der Waals surface area contributed by atoms with Crippen LogP contribution in [0.2, 0.25) is 5.02 Å². The normalized spacial score (nSPS) is 15.1. The number of benzene rings is 3. The Hall–Kier alpha value is -3.57. The van der Waals surface area contributed by atoms with Crippen LogP contribution in [0, 0.1) is 0 Å². The van der Waals surface area contributed by atoms with Gasteiger partial charge in [0.1, 0.15) is 11.3 Å². The Kier molecular flexibility index (Phi) is 6.12. The fourth-order valence-electron chi connectivity index (χ4n) is 4.34. The van der Waals surface area contributed by atoms with E-state index in [0.29, 0.717) is 34.7 Å². The zero-order valence-corrected chi connectivity index (χ0v) is 19.5. The highest BCUT2D eigenvalue weighted by molar-refractivity contribution is 6.30. The SMILES string of the molecule is CCCCOc1ccc(C2c3c(oc4ccccc4c3=O)C(=O)N2Cc2ccc(Cl)cc2)cc1. The van der Waals surface area contributed by atoms with E-state index in [4.69, 9.17) is 20.8 Å². The Morgan fingerprint density at radius 1 is 0.971 bits per heavy atom. The van der Waals surface area contributed by atoms with Crippen LogP contribution in [0.25, 0.3) is 11.0 Å². The van der Waals surface area contributed by atoms with E-state index >= 15 is 0 Å². The first kappa shape index (κ1) is 22.2. The van der Waals surface area contributed by atoms with E-state index in [1.807, 2.05) is 36.4 Å². The number of carbonyl (C=O) groups is 1. The molecule has 0 aliphatic carbocycles. The lowest BCUT2D eigenvalue weighted by Crippen LogP contribution is -2.29. The molecule has 1 aromatic heterocycles. The third kappa shape index (κ3) is 4.08. The molecular formula is C28H24ClNO4. The van der Waals surface area contributed by atoms with Gasteiger partial charge in [0.05, 0.1) is 23.6 Å². The molecule has 1 atom stereocenters. The molecule has 2 heterocycles. The standard InChI is InChI=1S/C28H24ClNO4/c1-2-3-16-33-21-14-10-19(11-15-21)25-24-26(31)22-6-4-5-7-23(22)34-27(24)28(32)30(25)17-18-8-12-20(29)13-9-18/h4-15,25H,2-3,16-17H2,1H3. The third-order valence-corrected chi connectivity index (χ3v) is 6.35. The lowest BCUT2D eigenvalue weighted by Gasteiger charge is -2.25.